The molecule has 0 saturated carbocycles. The summed E-state index contributed by atoms with van der Waals surface area (Å²) in [6, 6.07) is 11.7. The summed E-state index contributed by atoms with van der Waals surface area (Å²) in [7, 11) is 0. The van der Waals surface area contributed by atoms with Gasteiger partial charge in [-0.25, -0.2) is 4.98 Å². The number of halogens is 1. The number of hydrogen-bond acceptors (Lipinski definition) is 4. The van der Waals surface area contributed by atoms with Crippen LogP contribution in [-0.4, -0.2) is 19.6 Å². The molecule has 0 saturated heterocycles. The van der Waals surface area contributed by atoms with Crippen molar-refractivity contribution < 1.29 is 5.11 Å². The third-order valence-electron chi connectivity index (χ3n) is 3.84. The monoisotopic (exact) mass is 373 g/mol. The van der Waals surface area contributed by atoms with Gasteiger partial charge in [-0.05, 0) is 41.8 Å². The number of aliphatic hydroxyl groups excluding tert-OH is 1. The number of aromatic nitrogens is 3. The Morgan fingerprint density at radius 3 is 2.60 bits per heavy atom. The maximum atomic E-state index is 9.80. The zero-order chi connectivity index (χ0) is 17.8. The predicted octanol–water partition coefficient (Wildman–Crippen LogP) is 4.75. The zero-order valence-corrected chi connectivity index (χ0v) is 15.8. The van der Waals surface area contributed by atoms with E-state index in [-0.39, 0.29) is 12.5 Å². The molecule has 0 unspecified atom stereocenters. The highest BCUT2D eigenvalue weighted by molar-refractivity contribution is 7.99. The lowest BCUT2D eigenvalue weighted by atomic mass is 10.1. The second-order valence-electron chi connectivity index (χ2n) is 6.03. The number of aliphatic hydroxyl groups is 1. The third-order valence-corrected chi connectivity index (χ3v) is 5.06. The van der Waals surface area contributed by atoms with Crippen LogP contribution in [0.1, 0.15) is 36.8 Å². The third kappa shape index (κ3) is 4.24. The maximum Gasteiger partial charge on any atom is 0.136 e. The Labute approximate surface area is 156 Å². The maximum absolute atomic E-state index is 9.80. The van der Waals surface area contributed by atoms with E-state index in [0.29, 0.717) is 17.4 Å². The number of imidazole rings is 1. The molecule has 3 rings (SSSR count). The van der Waals surface area contributed by atoms with Gasteiger partial charge in [-0.2, -0.15) is 0 Å². The second-order valence-corrected chi connectivity index (χ2v) is 7.53. The molecule has 0 aliphatic rings. The highest BCUT2D eigenvalue weighted by Crippen LogP contribution is 2.35. The topological polar surface area (TPSA) is 50.9 Å². The van der Waals surface area contributed by atoms with Crippen LogP contribution in [0.4, 0.5) is 0 Å². The summed E-state index contributed by atoms with van der Waals surface area (Å²) < 4.78 is 2.10. The molecular formula is C19H20ClN3OS. The Kier molecular flexibility index (Phi) is 5.78. The van der Waals surface area contributed by atoms with E-state index in [2.05, 4.69) is 28.4 Å². The van der Waals surface area contributed by atoms with E-state index < -0.39 is 0 Å². The van der Waals surface area contributed by atoms with Crippen LogP contribution in [-0.2, 0) is 13.2 Å². The van der Waals surface area contributed by atoms with Crippen LogP contribution in [0.5, 0.6) is 0 Å². The fourth-order valence-corrected chi connectivity index (χ4v) is 4.15. The fourth-order valence-electron chi connectivity index (χ4n) is 2.73. The highest BCUT2D eigenvalue weighted by atomic mass is 35.5. The van der Waals surface area contributed by atoms with Gasteiger partial charge in [-0.15, -0.1) is 0 Å². The van der Waals surface area contributed by atoms with E-state index in [1.165, 1.54) is 0 Å². The Morgan fingerprint density at radius 1 is 1.20 bits per heavy atom. The normalized spacial score (nSPS) is 11.2. The van der Waals surface area contributed by atoms with E-state index in [1.54, 1.807) is 24.2 Å². The van der Waals surface area contributed by atoms with E-state index >= 15 is 0 Å². The summed E-state index contributed by atoms with van der Waals surface area (Å²) in [4.78, 5) is 9.79. The standard InChI is InChI=1S/C19H20ClN3OS/c1-13(2)18-19(25-16-5-3-4-15(20)10-16)22-17(12-24)23(18)11-14-6-8-21-9-7-14/h3-10,13,24H,11-12H2,1-2H3. The van der Waals surface area contributed by atoms with Gasteiger partial charge in [0.25, 0.3) is 0 Å². The smallest absolute Gasteiger partial charge is 0.136 e. The summed E-state index contributed by atoms with van der Waals surface area (Å²) in [6.07, 6.45) is 3.56. The Hall–Kier alpha value is -1.82. The molecule has 25 heavy (non-hydrogen) atoms. The number of benzene rings is 1. The molecule has 1 N–H and O–H groups in total. The van der Waals surface area contributed by atoms with Gasteiger partial charge in [-0.1, -0.05) is 43.3 Å². The molecule has 2 aromatic heterocycles. The van der Waals surface area contributed by atoms with E-state index in [9.17, 15) is 5.11 Å². The molecule has 0 aliphatic carbocycles. The minimum Gasteiger partial charge on any atom is -0.388 e. The molecule has 2 heterocycles. The van der Waals surface area contributed by atoms with Gasteiger partial charge in [-0.3, -0.25) is 4.98 Å². The summed E-state index contributed by atoms with van der Waals surface area (Å²) in [5, 5.41) is 11.4. The zero-order valence-electron chi connectivity index (χ0n) is 14.2. The van der Waals surface area contributed by atoms with Crippen LogP contribution in [0.3, 0.4) is 0 Å². The molecule has 4 nitrogen and oxygen atoms in total. The molecule has 0 amide bonds. The molecule has 1 aromatic carbocycles. The number of pyridine rings is 1. The second kappa shape index (κ2) is 8.04. The first kappa shape index (κ1) is 18.0. The fraction of sp³-hybridized carbons (Fsp3) is 0.263. The first-order valence-corrected chi connectivity index (χ1v) is 9.30. The van der Waals surface area contributed by atoms with Crippen LogP contribution in [0.25, 0.3) is 0 Å². The van der Waals surface area contributed by atoms with Gasteiger partial charge in [0.2, 0.25) is 0 Å². The van der Waals surface area contributed by atoms with Gasteiger partial charge in [0, 0.05) is 28.9 Å². The van der Waals surface area contributed by atoms with Crippen LogP contribution >= 0.6 is 23.4 Å². The van der Waals surface area contributed by atoms with Crippen LogP contribution in [0.15, 0.2) is 58.7 Å². The summed E-state index contributed by atoms with van der Waals surface area (Å²) in [5.74, 6) is 0.946. The van der Waals surface area contributed by atoms with E-state index in [1.807, 2.05) is 36.4 Å². The van der Waals surface area contributed by atoms with Crippen molar-refractivity contribution in [1.29, 1.82) is 0 Å². The van der Waals surface area contributed by atoms with Crippen molar-refractivity contribution in [2.45, 2.75) is 42.8 Å². The van der Waals surface area contributed by atoms with Crippen LogP contribution in [0.2, 0.25) is 5.02 Å². The molecule has 0 atom stereocenters. The van der Waals surface area contributed by atoms with E-state index in [4.69, 9.17) is 11.6 Å². The SMILES string of the molecule is CC(C)c1c(Sc2cccc(Cl)c2)nc(CO)n1Cc1ccncc1. The average molecular weight is 374 g/mol. The molecule has 0 bridgehead atoms. The predicted molar refractivity (Wildman–Crippen MR) is 101 cm³/mol. The first-order chi connectivity index (χ1) is 12.1. The van der Waals surface area contributed by atoms with Gasteiger partial charge in [0.1, 0.15) is 17.5 Å². The lowest BCUT2D eigenvalue weighted by Gasteiger charge is -2.14. The quantitative estimate of drug-likeness (QED) is 0.677. The van der Waals surface area contributed by atoms with Gasteiger partial charge >= 0.3 is 0 Å². The average Bonchev–Trinajstić information content (AvgIpc) is 2.93. The molecule has 0 aliphatic heterocycles. The lowest BCUT2D eigenvalue weighted by molar-refractivity contribution is 0.265. The van der Waals surface area contributed by atoms with Crippen LogP contribution in [0, 0.1) is 0 Å². The van der Waals surface area contributed by atoms with Crippen molar-refractivity contribution in [3.63, 3.8) is 0 Å². The highest BCUT2D eigenvalue weighted by Gasteiger charge is 2.20. The van der Waals surface area contributed by atoms with E-state index in [0.717, 1.165) is 21.2 Å². The molecule has 3 aromatic rings. The summed E-state index contributed by atoms with van der Waals surface area (Å²) in [5.41, 5.74) is 2.24. The summed E-state index contributed by atoms with van der Waals surface area (Å²) >= 11 is 7.68. The largest absolute Gasteiger partial charge is 0.388 e. The molecular weight excluding hydrogens is 354 g/mol. The lowest BCUT2D eigenvalue weighted by Crippen LogP contribution is -2.10. The Morgan fingerprint density at radius 2 is 1.96 bits per heavy atom. The number of rotatable bonds is 6. The molecule has 130 valence electrons. The number of hydrogen-bond donors (Lipinski definition) is 1. The Balaban J connectivity index is 2.01. The van der Waals surface area contributed by atoms with Crippen molar-refractivity contribution in [3.8, 4) is 0 Å². The molecule has 0 spiro atoms. The minimum atomic E-state index is -0.0963. The van der Waals surface area contributed by atoms with Crippen molar-refractivity contribution in [2.24, 2.45) is 0 Å². The molecule has 6 heteroatoms. The van der Waals surface area contributed by atoms with Gasteiger partial charge < -0.3 is 9.67 Å². The molecule has 0 radical (unpaired) electrons. The van der Waals surface area contributed by atoms with Gasteiger partial charge in [0.05, 0.1) is 5.69 Å². The number of nitrogens with zero attached hydrogens (tertiary/aromatic N) is 3. The van der Waals surface area contributed by atoms with Crippen LogP contribution < -0.4 is 0 Å². The van der Waals surface area contributed by atoms with Crippen molar-refractivity contribution in [3.05, 3.63) is 70.9 Å². The van der Waals surface area contributed by atoms with Crippen molar-refractivity contribution >= 4 is 23.4 Å². The van der Waals surface area contributed by atoms with Gasteiger partial charge in [0.15, 0.2) is 0 Å². The van der Waals surface area contributed by atoms with Crippen molar-refractivity contribution in [2.75, 3.05) is 0 Å². The minimum absolute atomic E-state index is 0.0963. The van der Waals surface area contributed by atoms with Crippen molar-refractivity contribution in [1.82, 2.24) is 14.5 Å². The Bertz CT molecular complexity index is 849. The summed E-state index contributed by atoms with van der Waals surface area (Å²) in [6.45, 7) is 4.85. The molecule has 0 fully saturated rings. The first-order valence-electron chi connectivity index (χ1n) is 8.11.